The molecule has 5 nitrogen and oxygen atoms in total. The highest BCUT2D eigenvalue weighted by Gasteiger charge is 2.16. The monoisotopic (exact) mass is 324 g/mol. The fourth-order valence-corrected chi connectivity index (χ4v) is 2.84. The van der Waals surface area contributed by atoms with Crippen LogP contribution in [0.5, 0.6) is 0 Å². The van der Waals surface area contributed by atoms with Gasteiger partial charge in [0.1, 0.15) is 0 Å². The number of fused-ring (bicyclic) bond motifs is 1. The number of aliphatic hydroxyl groups is 1. The van der Waals surface area contributed by atoms with Crippen LogP contribution in [0.3, 0.4) is 0 Å². The third-order valence-corrected chi connectivity index (χ3v) is 3.99. The molecule has 114 valence electrons. The van der Waals surface area contributed by atoms with E-state index < -0.39 is 6.23 Å². The van der Waals surface area contributed by atoms with Crippen molar-refractivity contribution < 1.29 is 5.11 Å². The molecule has 2 N–H and O–H groups in total. The minimum Gasteiger partial charge on any atom is -0.369 e. The largest absolute Gasteiger partial charge is 0.369 e. The Bertz CT molecular complexity index is 927. The molecule has 0 fully saturated rings. The Morgan fingerprint density at radius 3 is 2.78 bits per heavy atom. The SMILES string of the molecule is OC1C=C(c2cc3ccncc3n2-c2ccc(Cl)cc2)C=NN1. The number of allylic oxidation sites excluding steroid dienone is 1. The molecular weight excluding hydrogens is 312 g/mol. The predicted molar refractivity (Wildman–Crippen MR) is 91.7 cm³/mol. The lowest BCUT2D eigenvalue weighted by Crippen LogP contribution is -2.25. The maximum Gasteiger partial charge on any atom is 0.159 e. The Kier molecular flexibility index (Phi) is 3.37. The summed E-state index contributed by atoms with van der Waals surface area (Å²) in [5, 5.41) is 15.5. The van der Waals surface area contributed by atoms with Gasteiger partial charge in [0.25, 0.3) is 0 Å². The molecule has 0 radical (unpaired) electrons. The van der Waals surface area contributed by atoms with Gasteiger partial charge < -0.3 is 9.67 Å². The number of rotatable bonds is 2. The lowest BCUT2D eigenvalue weighted by molar-refractivity contribution is 0.186. The van der Waals surface area contributed by atoms with Crippen LogP contribution in [-0.4, -0.2) is 27.1 Å². The van der Waals surface area contributed by atoms with E-state index >= 15 is 0 Å². The molecule has 1 atom stereocenters. The lowest BCUT2D eigenvalue weighted by atomic mass is 10.1. The van der Waals surface area contributed by atoms with E-state index in [-0.39, 0.29) is 0 Å². The summed E-state index contributed by atoms with van der Waals surface area (Å²) >= 11 is 6.00. The van der Waals surface area contributed by atoms with Gasteiger partial charge in [0.05, 0.1) is 23.6 Å². The summed E-state index contributed by atoms with van der Waals surface area (Å²) in [5.41, 5.74) is 6.30. The summed E-state index contributed by atoms with van der Waals surface area (Å²) in [6.07, 6.45) is 6.20. The Labute approximate surface area is 137 Å². The van der Waals surface area contributed by atoms with Crippen LogP contribution in [0.25, 0.3) is 22.2 Å². The van der Waals surface area contributed by atoms with Crippen molar-refractivity contribution >= 4 is 34.3 Å². The number of aromatic nitrogens is 2. The van der Waals surface area contributed by atoms with Gasteiger partial charge in [0.2, 0.25) is 0 Å². The summed E-state index contributed by atoms with van der Waals surface area (Å²) < 4.78 is 2.08. The standard InChI is InChI=1S/C17H13ClN4O/c18-13-1-3-14(4-2-13)22-15(12-8-17(23)21-20-9-12)7-11-5-6-19-10-16(11)22/h1-10,17,21,23H. The highest BCUT2D eigenvalue weighted by atomic mass is 35.5. The van der Waals surface area contributed by atoms with Crippen LogP contribution < -0.4 is 5.43 Å². The second-order valence-electron chi connectivity index (χ2n) is 5.23. The van der Waals surface area contributed by atoms with Crippen molar-refractivity contribution in [3.63, 3.8) is 0 Å². The molecule has 0 spiro atoms. The predicted octanol–water partition coefficient (Wildman–Crippen LogP) is 2.97. The minimum absolute atomic E-state index is 0.683. The van der Waals surface area contributed by atoms with Gasteiger partial charge in [0.15, 0.2) is 6.23 Å². The van der Waals surface area contributed by atoms with Crippen molar-refractivity contribution in [2.45, 2.75) is 6.23 Å². The van der Waals surface area contributed by atoms with Crippen molar-refractivity contribution in [3.05, 3.63) is 65.6 Å². The summed E-state index contributed by atoms with van der Waals surface area (Å²) in [4.78, 5) is 4.23. The maximum absolute atomic E-state index is 9.77. The van der Waals surface area contributed by atoms with E-state index in [4.69, 9.17) is 11.6 Å². The first-order chi connectivity index (χ1) is 11.2. The summed E-state index contributed by atoms with van der Waals surface area (Å²) in [6.45, 7) is 0. The number of pyridine rings is 1. The molecule has 1 aliphatic rings. The van der Waals surface area contributed by atoms with Crippen LogP contribution in [-0.2, 0) is 0 Å². The van der Waals surface area contributed by atoms with Crippen molar-refractivity contribution in [1.82, 2.24) is 15.0 Å². The van der Waals surface area contributed by atoms with Crippen molar-refractivity contribution in [2.24, 2.45) is 5.10 Å². The molecule has 23 heavy (non-hydrogen) atoms. The van der Waals surface area contributed by atoms with Crippen molar-refractivity contribution in [2.75, 3.05) is 0 Å². The number of hydrogen-bond donors (Lipinski definition) is 2. The van der Waals surface area contributed by atoms with E-state index in [1.54, 1.807) is 18.5 Å². The van der Waals surface area contributed by atoms with Gasteiger partial charge in [-0.05, 0) is 42.5 Å². The summed E-state index contributed by atoms with van der Waals surface area (Å²) in [7, 11) is 0. The number of halogens is 1. The number of hydrazone groups is 1. The van der Waals surface area contributed by atoms with E-state index in [1.807, 2.05) is 36.5 Å². The quantitative estimate of drug-likeness (QED) is 0.762. The fourth-order valence-electron chi connectivity index (χ4n) is 2.71. The second kappa shape index (κ2) is 5.53. The Morgan fingerprint density at radius 2 is 2.00 bits per heavy atom. The molecule has 2 aromatic heterocycles. The molecule has 1 unspecified atom stereocenters. The molecule has 0 bridgehead atoms. The number of nitrogens with zero attached hydrogens (tertiary/aromatic N) is 3. The smallest absolute Gasteiger partial charge is 0.159 e. The molecule has 1 aliphatic heterocycles. The zero-order valence-corrected chi connectivity index (χ0v) is 12.8. The molecule has 0 saturated carbocycles. The van der Waals surface area contributed by atoms with E-state index in [0.29, 0.717) is 5.02 Å². The van der Waals surface area contributed by atoms with Crippen LogP contribution in [0.1, 0.15) is 5.69 Å². The average Bonchev–Trinajstić information content (AvgIpc) is 2.95. The number of hydrogen-bond acceptors (Lipinski definition) is 4. The number of aliphatic hydroxyl groups excluding tert-OH is 1. The molecular formula is C17H13ClN4O. The zero-order valence-electron chi connectivity index (χ0n) is 12.0. The van der Waals surface area contributed by atoms with Crippen LogP contribution in [0.4, 0.5) is 0 Å². The van der Waals surface area contributed by atoms with E-state index in [0.717, 1.165) is 27.9 Å². The van der Waals surface area contributed by atoms with Crippen molar-refractivity contribution in [3.8, 4) is 5.69 Å². The zero-order chi connectivity index (χ0) is 15.8. The van der Waals surface area contributed by atoms with E-state index in [9.17, 15) is 5.11 Å². The molecule has 1 aromatic carbocycles. The molecule has 0 saturated heterocycles. The van der Waals surface area contributed by atoms with Crippen LogP contribution in [0.15, 0.2) is 60.0 Å². The van der Waals surface area contributed by atoms with E-state index in [2.05, 4.69) is 26.1 Å². The number of nitrogens with one attached hydrogen (secondary N) is 1. The normalized spacial score (nSPS) is 17.1. The fraction of sp³-hybridized carbons (Fsp3) is 0.0588. The Hall–Kier alpha value is -2.63. The molecule has 4 rings (SSSR count). The van der Waals surface area contributed by atoms with Crippen molar-refractivity contribution in [1.29, 1.82) is 0 Å². The highest BCUT2D eigenvalue weighted by molar-refractivity contribution is 6.30. The van der Waals surface area contributed by atoms with E-state index in [1.165, 1.54) is 0 Å². The molecule has 3 aromatic rings. The number of benzene rings is 1. The minimum atomic E-state index is -0.801. The summed E-state index contributed by atoms with van der Waals surface area (Å²) in [5.74, 6) is 0. The molecule has 6 heteroatoms. The first-order valence-corrected chi connectivity index (χ1v) is 7.50. The molecule has 0 aliphatic carbocycles. The third kappa shape index (κ3) is 2.50. The Balaban J connectivity index is 1.99. The van der Waals surface area contributed by atoms with Crippen LogP contribution in [0.2, 0.25) is 5.02 Å². The lowest BCUT2D eigenvalue weighted by Gasteiger charge is -2.16. The molecule has 3 heterocycles. The topological polar surface area (TPSA) is 62.4 Å². The third-order valence-electron chi connectivity index (χ3n) is 3.74. The average molecular weight is 325 g/mol. The van der Waals surface area contributed by atoms with Gasteiger partial charge in [-0.15, -0.1) is 0 Å². The first kappa shape index (κ1) is 14.0. The maximum atomic E-state index is 9.77. The van der Waals surface area contributed by atoms with Crippen LogP contribution >= 0.6 is 11.6 Å². The van der Waals surface area contributed by atoms with Gasteiger partial charge in [-0.1, -0.05) is 11.6 Å². The van der Waals surface area contributed by atoms with Gasteiger partial charge >= 0.3 is 0 Å². The summed E-state index contributed by atoms with van der Waals surface area (Å²) in [6, 6.07) is 11.6. The van der Waals surface area contributed by atoms with Gasteiger partial charge in [-0.3, -0.25) is 10.4 Å². The van der Waals surface area contributed by atoms with Gasteiger partial charge in [-0.25, -0.2) is 0 Å². The highest BCUT2D eigenvalue weighted by Crippen LogP contribution is 2.29. The Morgan fingerprint density at radius 1 is 1.17 bits per heavy atom. The molecule has 0 amide bonds. The van der Waals surface area contributed by atoms with Crippen LogP contribution in [0, 0.1) is 0 Å². The van der Waals surface area contributed by atoms with Gasteiger partial charge in [-0.2, -0.15) is 5.10 Å². The second-order valence-corrected chi connectivity index (χ2v) is 5.67. The van der Waals surface area contributed by atoms with Gasteiger partial charge in [0, 0.05) is 27.9 Å². The first-order valence-electron chi connectivity index (χ1n) is 7.12.